The van der Waals surface area contributed by atoms with Crippen LogP contribution in [0, 0.1) is 0 Å². The number of hydrogen-bond acceptors (Lipinski definition) is 5. The maximum absolute atomic E-state index is 6.21. The van der Waals surface area contributed by atoms with Crippen molar-refractivity contribution in [3.63, 3.8) is 0 Å². The van der Waals surface area contributed by atoms with Gasteiger partial charge in [-0.1, -0.05) is 24.3 Å². The van der Waals surface area contributed by atoms with Crippen LogP contribution < -0.4 is 11.5 Å². The van der Waals surface area contributed by atoms with Crippen molar-refractivity contribution in [2.24, 2.45) is 5.73 Å². The fourth-order valence-electron chi connectivity index (χ4n) is 3.56. The van der Waals surface area contributed by atoms with E-state index in [9.17, 15) is 0 Å². The van der Waals surface area contributed by atoms with Crippen molar-refractivity contribution in [2.45, 2.75) is 12.6 Å². The van der Waals surface area contributed by atoms with E-state index < -0.39 is 0 Å². The van der Waals surface area contributed by atoms with E-state index in [1.54, 1.807) is 0 Å². The SMILES string of the molecule is Nc1ncnc2c1c(-c1cnc3ccccc3c1)c1n2CC(N)C=C1. The number of aromatic nitrogens is 4. The van der Waals surface area contributed by atoms with Gasteiger partial charge >= 0.3 is 0 Å². The molecule has 0 bridgehead atoms. The van der Waals surface area contributed by atoms with E-state index in [-0.39, 0.29) is 6.04 Å². The van der Waals surface area contributed by atoms with Gasteiger partial charge in [0.15, 0.2) is 0 Å². The summed E-state index contributed by atoms with van der Waals surface area (Å²) >= 11 is 0. The highest BCUT2D eigenvalue weighted by Gasteiger charge is 2.24. The lowest BCUT2D eigenvalue weighted by atomic mass is 10.0. The monoisotopic (exact) mass is 328 g/mol. The third kappa shape index (κ3) is 2.04. The Morgan fingerprint density at radius 2 is 2.00 bits per heavy atom. The largest absolute Gasteiger partial charge is 0.383 e. The van der Waals surface area contributed by atoms with E-state index in [1.807, 2.05) is 36.5 Å². The van der Waals surface area contributed by atoms with Crippen molar-refractivity contribution < 1.29 is 0 Å². The van der Waals surface area contributed by atoms with Crippen LogP contribution in [0.1, 0.15) is 5.69 Å². The normalized spacial score (nSPS) is 16.4. The molecule has 0 spiro atoms. The summed E-state index contributed by atoms with van der Waals surface area (Å²) in [7, 11) is 0. The van der Waals surface area contributed by atoms with Gasteiger partial charge in [0.25, 0.3) is 0 Å². The van der Waals surface area contributed by atoms with Crippen LogP contribution in [-0.4, -0.2) is 25.6 Å². The van der Waals surface area contributed by atoms with E-state index in [2.05, 4.69) is 31.7 Å². The number of pyridine rings is 1. The van der Waals surface area contributed by atoms with Crippen LogP contribution in [0.15, 0.2) is 48.9 Å². The summed E-state index contributed by atoms with van der Waals surface area (Å²) in [6.07, 6.45) is 7.43. The number of nitrogen functional groups attached to an aromatic ring is 1. The van der Waals surface area contributed by atoms with Gasteiger partial charge in [0, 0.05) is 35.3 Å². The van der Waals surface area contributed by atoms with Crippen LogP contribution >= 0.6 is 0 Å². The minimum atomic E-state index is -0.0399. The zero-order chi connectivity index (χ0) is 17.0. The summed E-state index contributed by atoms with van der Waals surface area (Å²) in [6, 6.07) is 10.2. The van der Waals surface area contributed by atoms with Crippen LogP contribution in [0.3, 0.4) is 0 Å². The fraction of sp³-hybridized carbons (Fsp3) is 0.105. The average molecular weight is 328 g/mol. The standard InChI is InChI=1S/C19H16N6/c20-13-5-6-15-16(12-7-11-3-1-2-4-14(11)22-8-12)17-18(21)23-10-24-19(17)25(15)9-13/h1-8,10,13H,9,20H2,(H2,21,23,24). The molecule has 4 heterocycles. The molecule has 1 aliphatic heterocycles. The van der Waals surface area contributed by atoms with Crippen LogP contribution in [0.2, 0.25) is 0 Å². The van der Waals surface area contributed by atoms with Crippen molar-refractivity contribution in [1.82, 2.24) is 19.5 Å². The first-order valence-corrected chi connectivity index (χ1v) is 8.14. The molecule has 1 atom stereocenters. The number of anilines is 1. The molecule has 0 radical (unpaired) electrons. The second kappa shape index (κ2) is 5.12. The highest BCUT2D eigenvalue weighted by atomic mass is 15.1. The van der Waals surface area contributed by atoms with Crippen molar-refractivity contribution >= 4 is 33.8 Å². The number of nitrogens with zero attached hydrogens (tertiary/aromatic N) is 4. The molecule has 6 heteroatoms. The Morgan fingerprint density at radius 3 is 2.92 bits per heavy atom. The molecule has 0 amide bonds. The van der Waals surface area contributed by atoms with Crippen LogP contribution in [0.5, 0.6) is 0 Å². The summed E-state index contributed by atoms with van der Waals surface area (Å²) in [5.41, 5.74) is 17.1. The maximum atomic E-state index is 6.21. The van der Waals surface area contributed by atoms with Crippen molar-refractivity contribution in [3.05, 3.63) is 54.6 Å². The highest BCUT2D eigenvalue weighted by Crippen LogP contribution is 2.39. The second-order valence-electron chi connectivity index (χ2n) is 6.27. The van der Waals surface area contributed by atoms with E-state index in [0.29, 0.717) is 12.4 Å². The summed E-state index contributed by atoms with van der Waals surface area (Å²) in [6.45, 7) is 0.666. The van der Waals surface area contributed by atoms with Gasteiger partial charge in [-0.15, -0.1) is 0 Å². The molecular formula is C19H16N6. The molecule has 4 aromatic rings. The van der Waals surface area contributed by atoms with Gasteiger partial charge in [-0.05, 0) is 18.2 Å². The third-order valence-electron chi connectivity index (χ3n) is 4.68. The summed E-state index contributed by atoms with van der Waals surface area (Å²) in [4.78, 5) is 13.3. The van der Waals surface area contributed by atoms with Crippen LogP contribution in [-0.2, 0) is 6.54 Å². The van der Waals surface area contributed by atoms with E-state index in [0.717, 1.165) is 38.8 Å². The Morgan fingerprint density at radius 1 is 1.12 bits per heavy atom. The summed E-state index contributed by atoms with van der Waals surface area (Å²) < 4.78 is 2.11. The quantitative estimate of drug-likeness (QED) is 0.560. The van der Waals surface area contributed by atoms with Crippen LogP contribution in [0.25, 0.3) is 39.1 Å². The third-order valence-corrected chi connectivity index (χ3v) is 4.68. The lowest BCUT2D eigenvalue weighted by Crippen LogP contribution is -2.26. The molecule has 0 saturated carbocycles. The minimum absolute atomic E-state index is 0.0399. The zero-order valence-corrected chi connectivity index (χ0v) is 13.4. The Labute approximate surface area is 143 Å². The fourth-order valence-corrected chi connectivity index (χ4v) is 3.56. The molecule has 1 unspecified atom stereocenters. The summed E-state index contributed by atoms with van der Waals surface area (Å²) in [5.74, 6) is 0.469. The van der Waals surface area contributed by atoms with Gasteiger partial charge in [0.1, 0.15) is 17.8 Å². The smallest absolute Gasteiger partial charge is 0.146 e. The number of rotatable bonds is 1. The summed E-state index contributed by atoms with van der Waals surface area (Å²) in [5, 5.41) is 1.94. The molecule has 122 valence electrons. The molecule has 6 nitrogen and oxygen atoms in total. The van der Waals surface area contributed by atoms with Crippen LogP contribution in [0.4, 0.5) is 5.82 Å². The first-order valence-electron chi connectivity index (χ1n) is 8.14. The molecule has 25 heavy (non-hydrogen) atoms. The topological polar surface area (TPSA) is 95.6 Å². The molecule has 4 N–H and O–H groups in total. The second-order valence-corrected chi connectivity index (χ2v) is 6.27. The Hall–Kier alpha value is -3.25. The Bertz CT molecular complexity index is 1160. The van der Waals surface area contributed by atoms with E-state index >= 15 is 0 Å². The minimum Gasteiger partial charge on any atom is -0.383 e. The molecular weight excluding hydrogens is 312 g/mol. The molecule has 5 rings (SSSR count). The molecule has 0 saturated heterocycles. The lowest BCUT2D eigenvalue weighted by Gasteiger charge is -2.17. The average Bonchev–Trinajstić information content (AvgIpc) is 2.96. The number of nitrogens with two attached hydrogens (primary N) is 2. The van der Waals surface area contributed by atoms with Crippen molar-refractivity contribution in [2.75, 3.05) is 5.73 Å². The number of para-hydroxylation sites is 1. The van der Waals surface area contributed by atoms with Crippen molar-refractivity contribution in [1.29, 1.82) is 0 Å². The predicted octanol–water partition coefficient (Wildman–Crippen LogP) is 2.58. The maximum Gasteiger partial charge on any atom is 0.146 e. The van der Waals surface area contributed by atoms with E-state index in [4.69, 9.17) is 11.5 Å². The molecule has 3 aromatic heterocycles. The molecule has 1 aliphatic rings. The van der Waals surface area contributed by atoms with Gasteiger partial charge in [-0.25, -0.2) is 9.97 Å². The first kappa shape index (κ1) is 14.1. The van der Waals surface area contributed by atoms with Gasteiger partial charge < -0.3 is 16.0 Å². The highest BCUT2D eigenvalue weighted by molar-refractivity contribution is 6.05. The van der Waals surface area contributed by atoms with E-state index in [1.165, 1.54) is 6.33 Å². The Balaban J connectivity index is 1.88. The predicted molar refractivity (Wildman–Crippen MR) is 99.7 cm³/mol. The first-order chi connectivity index (χ1) is 12.2. The zero-order valence-electron chi connectivity index (χ0n) is 13.4. The lowest BCUT2D eigenvalue weighted by molar-refractivity contribution is 0.630. The van der Waals surface area contributed by atoms with Gasteiger partial charge in [-0.2, -0.15) is 0 Å². The van der Waals surface area contributed by atoms with Gasteiger partial charge in [-0.3, -0.25) is 4.98 Å². The van der Waals surface area contributed by atoms with Gasteiger partial charge in [0.2, 0.25) is 0 Å². The van der Waals surface area contributed by atoms with Gasteiger partial charge in [0.05, 0.1) is 16.6 Å². The number of benzene rings is 1. The molecule has 0 fully saturated rings. The number of hydrogen-bond donors (Lipinski definition) is 2. The number of fused-ring (bicyclic) bond motifs is 4. The molecule has 0 aliphatic carbocycles. The Kier molecular flexibility index (Phi) is 2.89. The molecule has 1 aromatic carbocycles. The van der Waals surface area contributed by atoms with Crippen molar-refractivity contribution in [3.8, 4) is 11.1 Å².